The first-order valence-corrected chi connectivity index (χ1v) is 15.2. The molecule has 1 aromatic heterocycles. The molecule has 9 heteroatoms. The first-order valence-electron chi connectivity index (χ1n) is 14.3. The molecular formula is C33H40N2O6S. The number of amides is 2. The smallest absolute Gasteiger partial charge is 0.351 e. The molecule has 1 aliphatic carbocycles. The van der Waals surface area contributed by atoms with Crippen LogP contribution in [0.1, 0.15) is 73.7 Å². The fraction of sp³-hybridized carbons (Fsp3) is 0.424. The van der Waals surface area contributed by atoms with Crippen LogP contribution < -0.4 is 15.0 Å². The molecule has 0 radical (unpaired) electrons. The number of nitrogens with zero attached hydrogens (tertiary/aromatic N) is 1. The average molecular weight is 593 g/mol. The van der Waals surface area contributed by atoms with Gasteiger partial charge in [-0.05, 0) is 63.8 Å². The number of carbonyl (C=O) groups excluding carboxylic acids is 3. The van der Waals surface area contributed by atoms with Crippen LogP contribution in [0.15, 0.2) is 54.6 Å². The zero-order valence-electron chi connectivity index (χ0n) is 25.0. The van der Waals surface area contributed by atoms with E-state index in [9.17, 15) is 14.4 Å². The number of urea groups is 1. The second-order valence-corrected chi connectivity index (χ2v) is 12.5. The Labute approximate surface area is 252 Å². The molecular weight excluding hydrogens is 552 g/mol. The minimum Gasteiger partial charge on any atom is -0.480 e. The number of rotatable bonds is 9. The molecule has 0 saturated heterocycles. The zero-order chi connectivity index (χ0) is 30.3. The Bertz CT molecular complexity index is 1390. The third-order valence-electron chi connectivity index (χ3n) is 7.05. The second-order valence-electron chi connectivity index (χ2n) is 11.4. The quantitative estimate of drug-likeness (QED) is 0.263. The molecule has 2 amide bonds. The monoisotopic (exact) mass is 592 g/mol. The Hall–Kier alpha value is -3.85. The lowest BCUT2D eigenvalue weighted by Gasteiger charge is -2.34. The van der Waals surface area contributed by atoms with E-state index in [2.05, 4.69) is 5.32 Å². The van der Waals surface area contributed by atoms with Crippen LogP contribution in [-0.4, -0.2) is 43.3 Å². The first kappa shape index (κ1) is 31.1. The van der Waals surface area contributed by atoms with Crippen LogP contribution in [0.3, 0.4) is 0 Å². The molecule has 0 aliphatic heterocycles. The number of anilines is 1. The second kappa shape index (κ2) is 13.9. The third kappa shape index (κ3) is 7.91. The summed E-state index contributed by atoms with van der Waals surface area (Å²) >= 11 is 1.24. The summed E-state index contributed by atoms with van der Waals surface area (Å²) in [7, 11) is 1.31. The Kier molecular flexibility index (Phi) is 10.3. The Morgan fingerprint density at radius 2 is 1.71 bits per heavy atom. The van der Waals surface area contributed by atoms with Gasteiger partial charge in [-0.15, -0.1) is 11.3 Å². The summed E-state index contributed by atoms with van der Waals surface area (Å²) in [5.74, 6) is -0.784. The summed E-state index contributed by atoms with van der Waals surface area (Å²) in [6.07, 6.45) is 5.22. The lowest BCUT2D eigenvalue weighted by molar-refractivity contribution is -0.157. The first-order chi connectivity index (χ1) is 20.1. The predicted octanol–water partition coefficient (Wildman–Crippen LogP) is 7.28. The number of esters is 2. The van der Waals surface area contributed by atoms with Crippen molar-refractivity contribution < 1.29 is 28.6 Å². The third-order valence-corrected chi connectivity index (χ3v) is 8.35. The van der Waals surface area contributed by atoms with Crippen LogP contribution in [0.4, 0.5) is 10.5 Å². The van der Waals surface area contributed by atoms with Gasteiger partial charge in [0.05, 0.1) is 7.11 Å². The van der Waals surface area contributed by atoms with E-state index in [1.54, 1.807) is 20.8 Å². The topological polar surface area (TPSA) is 94.2 Å². The van der Waals surface area contributed by atoms with Crippen molar-refractivity contribution in [1.29, 1.82) is 0 Å². The van der Waals surface area contributed by atoms with Crippen molar-refractivity contribution >= 4 is 35.0 Å². The van der Waals surface area contributed by atoms with Gasteiger partial charge < -0.3 is 19.5 Å². The van der Waals surface area contributed by atoms with Gasteiger partial charge in [-0.2, -0.15) is 0 Å². The van der Waals surface area contributed by atoms with E-state index in [0.29, 0.717) is 17.9 Å². The van der Waals surface area contributed by atoms with Gasteiger partial charge in [-0.3, -0.25) is 4.90 Å². The number of methoxy groups -OCH3 is 1. The van der Waals surface area contributed by atoms with Crippen LogP contribution >= 0.6 is 11.3 Å². The molecule has 1 aliphatic rings. The van der Waals surface area contributed by atoms with Crippen molar-refractivity contribution in [2.75, 3.05) is 18.6 Å². The summed E-state index contributed by atoms with van der Waals surface area (Å²) in [6, 6.07) is 17.6. The van der Waals surface area contributed by atoms with Gasteiger partial charge in [0.1, 0.15) is 11.4 Å². The van der Waals surface area contributed by atoms with E-state index in [4.69, 9.17) is 14.2 Å². The summed E-state index contributed by atoms with van der Waals surface area (Å²) in [5.41, 5.74) is 2.71. The van der Waals surface area contributed by atoms with E-state index in [1.807, 2.05) is 66.4 Å². The van der Waals surface area contributed by atoms with Gasteiger partial charge >= 0.3 is 18.0 Å². The molecule has 0 unspecified atom stereocenters. The molecule has 1 fully saturated rings. The average Bonchev–Trinajstić information content (AvgIpc) is 3.31. The molecule has 1 heterocycles. The minimum atomic E-state index is -0.654. The molecule has 42 heavy (non-hydrogen) atoms. The molecule has 4 rings (SSSR count). The van der Waals surface area contributed by atoms with Crippen LogP contribution in [0.25, 0.3) is 10.4 Å². The summed E-state index contributed by atoms with van der Waals surface area (Å²) < 4.78 is 16.2. The summed E-state index contributed by atoms with van der Waals surface area (Å²) in [6.45, 7) is 7.29. The number of ether oxygens (including phenoxy) is 3. The van der Waals surface area contributed by atoms with E-state index >= 15 is 0 Å². The number of hydrogen-bond donors (Lipinski definition) is 1. The van der Waals surface area contributed by atoms with E-state index in [1.165, 1.54) is 24.9 Å². The van der Waals surface area contributed by atoms with Gasteiger partial charge in [0.2, 0.25) is 0 Å². The lowest BCUT2D eigenvalue weighted by atomic mass is 9.93. The van der Waals surface area contributed by atoms with Crippen molar-refractivity contribution in [1.82, 2.24) is 5.32 Å². The van der Waals surface area contributed by atoms with Crippen LogP contribution in [0.5, 0.6) is 5.75 Å². The highest BCUT2D eigenvalue weighted by Crippen LogP contribution is 2.43. The van der Waals surface area contributed by atoms with Gasteiger partial charge in [-0.25, -0.2) is 14.4 Å². The van der Waals surface area contributed by atoms with Crippen LogP contribution in [0, 0.1) is 6.92 Å². The molecule has 1 saturated carbocycles. The van der Waals surface area contributed by atoms with Crippen LogP contribution in [0.2, 0.25) is 0 Å². The highest BCUT2D eigenvalue weighted by molar-refractivity contribution is 7.18. The zero-order valence-corrected chi connectivity index (χ0v) is 25.8. The molecule has 1 N–H and O–H groups in total. The molecule has 8 nitrogen and oxygen atoms in total. The maximum Gasteiger partial charge on any atom is 0.351 e. The molecule has 0 atom stereocenters. The van der Waals surface area contributed by atoms with Gasteiger partial charge in [-0.1, -0.05) is 61.7 Å². The highest BCUT2D eigenvalue weighted by atomic mass is 32.1. The lowest BCUT2D eigenvalue weighted by Crippen LogP contribution is -2.47. The van der Waals surface area contributed by atoms with Crippen LogP contribution in [-0.2, 0) is 20.8 Å². The van der Waals surface area contributed by atoms with Gasteiger partial charge in [0.15, 0.2) is 11.5 Å². The Balaban J connectivity index is 1.64. The maximum absolute atomic E-state index is 13.7. The van der Waals surface area contributed by atoms with Crippen molar-refractivity contribution in [2.24, 2.45) is 0 Å². The van der Waals surface area contributed by atoms with Gasteiger partial charge in [0.25, 0.3) is 0 Å². The number of hydrogen-bond acceptors (Lipinski definition) is 7. The van der Waals surface area contributed by atoms with Crippen molar-refractivity contribution in [3.8, 4) is 16.2 Å². The SMILES string of the molecule is COC(=O)c1sc(-c2cccc(N(C(=O)NCc3ccccc3)C3CCCCC3)c2)c(C)c1OCC(=O)OC(C)(C)C. The van der Waals surface area contributed by atoms with Crippen molar-refractivity contribution in [3.63, 3.8) is 0 Å². The van der Waals surface area contributed by atoms with E-state index in [0.717, 1.165) is 47.4 Å². The minimum absolute atomic E-state index is 0.0903. The molecule has 0 bridgehead atoms. The molecule has 224 valence electrons. The number of carbonyl (C=O) groups is 3. The molecule has 3 aromatic rings. The highest BCUT2D eigenvalue weighted by Gasteiger charge is 2.29. The number of thiophene rings is 1. The molecule has 2 aromatic carbocycles. The predicted molar refractivity (Wildman–Crippen MR) is 165 cm³/mol. The van der Waals surface area contributed by atoms with E-state index in [-0.39, 0.29) is 23.6 Å². The van der Waals surface area contributed by atoms with E-state index < -0.39 is 17.5 Å². The van der Waals surface area contributed by atoms with Gasteiger partial charge in [0, 0.05) is 28.7 Å². The summed E-state index contributed by atoms with van der Waals surface area (Å²) in [5, 5.41) is 3.11. The summed E-state index contributed by atoms with van der Waals surface area (Å²) in [4.78, 5) is 41.6. The fourth-order valence-corrected chi connectivity index (χ4v) is 6.33. The molecule has 0 spiro atoms. The number of benzene rings is 2. The fourth-order valence-electron chi connectivity index (χ4n) is 5.17. The Morgan fingerprint density at radius 1 is 1.00 bits per heavy atom. The maximum atomic E-state index is 13.7. The standard InChI is InChI=1S/C33H40N2O6S/c1-22-28(40-21-27(36)41-33(2,3)4)30(31(37)39-5)42-29(22)24-15-12-18-26(19-24)35(25-16-10-7-11-17-25)32(38)34-20-23-13-8-6-9-14-23/h6,8-9,12-15,18-19,25H,7,10-11,16-17,20-21H2,1-5H3,(H,34,38). The normalized spacial score (nSPS) is 13.7. The van der Waals surface area contributed by atoms with Crippen molar-refractivity contribution in [2.45, 2.75) is 78.0 Å². The largest absolute Gasteiger partial charge is 0.480 e. The van der Waals surface area contributed by atoms with Crippen molar-refractivity contribution in [3.05, 3.63) is 70.6 Å². The Morgan fingerprint density at radius 3 is 2.38 bits per heavy atom. The number of nitrogens with one attached hydrogen (secondary N) is 1.